The number of aromatic carboxylic acids is 1. The van der Waals surface area contributed by atoms with Gasteiger partial charge in [-0.1, -0.05) is 50.6 Å². The lowest BCUT2D eigenvalue weighted by atomic mass is 9.89. The van der Waals surface area contributed by atoms with E-state index in [9.17, 15) is 15.2 Å². The predicted molar refractivity (Wildman–Crippen MR) is 181 cm³/mol. The number of aliphatic imine (C=N–C) groups is 1. The number of hydrogen-bond donors (Lipinski definition) is 3. The number of piperidine rings is 1. The Balaban J connectivity index is 0.000000620. The first-order chi connectivity index (χ1) is 21.8. The standard InChI is InChI=1S/C30H30N4O3.C3H8N2.C3H8/c1-20-5-8-28(25(13-20)17-31)37-19-23-4-2-3-22(15-23)14-21-9-11-34(12-10-21)18-29-32-26-7-6-24(30(35)36)16-27(26)33-29;1-2-5-3-4;1-3-2/h2-8,13,15-16,21H,9-12,14,18-19H2,1H3,(H,32,33)(H,35,36);3H,2H2,1H3,(H2,4,5);3H2,1-2H3. The van der Waals surface area contributed by atoms with Crippen LogP contribution in [-0.2, 0) is 19.6 Å². The molecule has 9 nitrogen and oxygen atoms in total. The average Bonchev–Trinajstić information content (AvgIpc) is 3.44. The molecule has 0 radical (unpaired) electrons. The van der Waals surface area contributed by atoms with Crippen molar-refractivity contribution in [2.45, 2.75) is 66.5 Å². The topological polar surface area (TPSA) is 141 Å². The quantitative estimate of drug-likeness (QED) is 0.138. The number of carboxylic acid groups (broad SMARTS) is 1. The molecule has 1 aliphatic rings. The Morgan fingerprint density at radius 1 is 1.13 bits per heavy atom. The normalized spacial score (nSPS) is 13.4. The molecule has 0 unspecified atom stereocenters. The summed E-state index contributed by atoms with van der Waals surface area (Å²) in [7, 11) is 0. The molecule has 0 amide bonds. The van der Waals surface area contributed by atoms with Crippen molar-refractivity contribution >= 4 is 23.3 Å². The fourth-order valence-corrected chi connectivity index (χ4v) is 5.13. The van der Waals surface area contributed by atoms with E-state index in [4.69, 9.17) is 10.5 Å². The summed E-state index contributed by atoms with van der Waals surface area (Å²) < 4.78 is 5.96. The number of hydrogen-bond acceptors (Lipinski definition) is 6. The smallest absolute Gasteiger partial charge is 0.335 e. The fourth-order valence-electron chi connectivity index (χ4n) is 5.13. The van der Waals surface area contributed by atoms with Crippen molar-refractivity contribution in [2.75, 3.05) is 19.6 Å². The van der Waals surface area contributed by atoms with E-state index < -0.39 is 5.97 Å². The summed E-state index contributed by atoms with van der Waals surface area (Å²) in [5, 5.41) is 18.6. The molecule has 2 heterocycles. The number of nitriles is 1. The van der Waals surface area contributed by atoms with Gasteiger partial charge in [0.15, 0.2) is 0 Å². The molecule has 1 saturated heterocycles. The third kappa shape index (κ3) is 11.1. The first-order valence-electron chi connectivity index (χ1n) is 15.7. The molecule has 0 bridgehead atoms. The third-order valence-electron chi connectivity index (χ3n) is 7.31. The lowest BCUT2D eigenvalue weighted by Crippen LogP contribution is -2.34. The maximum Gasteiger partial charge on any atom is 0.335 e. The first kappa shape index (κ1) is 34.8. The number of rotatable bonds is 9. The zero-order valence-electron chi connectivity index (χ0n) is 26.9. The lowest BCUT2D eigenvalue weighted by molar-refractivity contribution is 0.0697. The number of aryl methyl sites for hydroxylation is 1. The van der Waals surface area contributed by atoms with Gasteiger partial charge in [-0.25, -0.2) is 9.78 Å². The molecule has 0 spiro atoms. The van der Waals surface area contributed by atoms with Gasteiger partial charge < -0.3 is 20.6 Å². The molecule has 1 aromatic heterocycles. The van der Waals surface area contributed by atoms with Crippen molar-refractivity contribution in [2.24, 2.45) is 16.6 Å². The van der Waals surface area contributed by atoms with Gasteiger partial charge in [0, 0.05) is 6.54 Å². The van der Waals surface area contributed by atoms with Gasteiger partial charge in [-0.05, 0) is 99.1 Å². The molecule has 45 heavy (non-hydrogen) atoms. The lowest BCUT2D eigenvalue weighted by Gasteiger charge is -2.31. The van der Waals surface area contributed by atoms with Crippen LogP contribution in [0, 0.1) is 24.2 Å². The molecule has 1 fully saturated rings. The van der Waals surface area contributed by atoms with Gasteiger partial charge in [0.25, 0.3) is 0 Å². The Labute approximate surface area is 266 Å². The summed E-state index contributed by atoms with van der Waals surface area (Å²) in [6.07, 6.45) is 5.84. The van der Waals surface area contributed by atoms with Gasteiger partial charge in [-0.3, -0.25) is 9.89 Å². The summed E-state index contributed by atoms with van der Waals surface area (Å²) in [6.45, 7) is 12.1. The Hall–Kier alpha value is -4.68. The second-order valence-electron chi connectivity index (χ2n) is 11.2. The van der Waals surface area contributed by atoms with Gasteiger partial charge in [0.05, 0.1) is 35.0 Å². The number of ether oxygens (including phenoxy) is 1. The van der Waals surface area contributed by atoms with Crippen LogP contribution in [0.25, 0.3) is 11.0 Å². The summed E-state index contributed by atoms with van der Waals surface area (Å²) in [4.78, 5) is 25.2. The number of aromatic nitrogens is 2. The van der Waals surface area contributed by atoms with E-state index in [0.717, 1.165) is 73.4 Å². The Morgan fingerprint density at radius 2 is 1.87 bits per heavy atom. The second-order valence-corrected chi connectivity index (χ2v) is 11.2. The van der Waals surface area contributed by atoms with Crippen LogP contribution in [0.5, 0.6) is 5.75 Å². The van der Waals surface area contributed by atoms with Gasteiger partial charge in [-0.15, -0.1) is 0 Å². The maximum atomic E-state index is 11.2. The maximum absolute atomic E-state index is 11.2. The van der Waals surface area contributed by atoms with E-state index in [-0.39, 0.29) is 5.56 Å². The van der Waals surface area contributed by atoms with Crippen molar-refractivity contribution in [1.82, 2.24) is 14.9 Å². The number of likely N-dealkylation sites (tertiary alicyclic amines) is 1. The number of nitrogens with two attached hydrogens (primary N) is 1. The van der Waals surface area contributed by atoms with Crippen molar-refractivity contribution in [3.63, 3.8) is 0 Å². The molecule has 4 N–H and O–H groups in total. The number of benzene rings is 3. The molecule has 3 aromatic carbocycles. The van der Waals surface area contributed by atoms with E-state index >= 15 is 0 Å². The number of nitrogens with zero attached hydrogens (tertiary/aromatic N) is 4. The average molecular weight is 611 g/mol. The SMILES string of the molecule is CCC.CCN=CN.Cc1ccc(OCc2cccc(CC3CCN(Cc4nc5ccc(C(=O)O)cc5[nH]4)CC3)c2)c(C#N)c1. The molecule has 1 aliphatic heterocycles. The zero-order chi connectivity index (χ0) is 32.6. The van der Waals surface area contributed by atoms with E-state index in [1.807, 2.05) is 32.0 Å². The van der Waals surface area contributed by atoms with Crippen LogP contribution in [0.4, 0.5) is 0 Å². The number of aromatic amines is 1. The summed E-state index contributed by atoms with van der Waals surface area (Å²) in [5.41, 5.74) is 10.7. The molecule has 5 rings (SSSR count). The minimum atomic E-state index is -0.933. The summed E-state index contributed by atoms with van der Waals surface area (Å²) >= 11 is 0. The summed E-state index contributed by atoms with van der Waals surface area (Å²) in [6, 6.07) is 21.4. The highest BCUT2D eigenvalue weighted by atomic mass is 16.5. The zero-order valence-corrected chi connectivity index (χ0v) is 26.9. The van der Waals surface area contributed by atoms with Gasteiger partial charge in [-0.2, -0.15) is 5.26 Å². The minimum absolute atomic E-state index is 0.265. The van der Waals surface area contributed by atoms with Crippen molar-refractivity contribution in [3.05, 3.63) is 94.3 Å². The molecule has 238 valence electrons. The van der Waals surface area contributed by atoms with E-state index in [1.54, 1.807) is 18.2 Å². The van der Waals surface area contributed by atoms with E-state index in [1.165, 1.54) is 18.3 Å². The van der Waals surface area contributed by atoms with Gasteiger partial charge in [0.1, 0.15) is 24.3 Å². The highest BCUT2D eigenvalue weighted by molar-refractivity contribution is 5.92. The Bertz CT molecular complexity index is 1580. The Morgan fingerprint density at radius 3 is 2.51 bits per heavy atom. The number of nitrogens with one attached hydrogen (secondary N) is 1. The number of imidazole rings is 1. The van der Waals surface area contributed by atoms with E-state index in [0.29, 0.717) is 23.8 Å². The molecule has 0 aliphatic carbocycles. The van der Waals surface area contributed by atoms with Crippen LogP contribution in [-0.4, -0.2) is 51.9 Å². The highest BCUT2D eigenvalue weighted by Gasteiger charge is 2.21. The monoisotopic (exact) mass is 610 g/mol. The van der Waals surface area contributed by atoms with Crippen molar-refractivity contribution in [1.29, 1.82) is 5.26 Å². The van der Waals surface area contributed by atoms with Crippen LogP contribution in [0.2, 0.25) is 0 Å². The third-order valence-corrected chi connectivity index (χ3v) is 7.31. The number of fused-ring (bicyclic) bond motifs is 1. The largest absolute Gasteiger partial charge is 0.488 e. The Kier molecular flexibility index (Phi) is 14.1. The first-order valence-corrected chi connectivity index (χ1v) is 15.7. The van der Waals surface area contributed by atoms with Crippen molar-refractivity contribution < 1.29 is 14.6 Å². The van der Waals surface area contributed by atoms with Crippen molar-refractivity contribution in [3.8, 4) is 11.8 Å². The van der Waals surface area contributed by atoms with Crippen LogP contribution in [0.1, 0.15) is 78.5 Å². The molecule has 0 atom stereocenters. The van der Waals surface area contributed by atoms with E-state index in [2.05, 4.69) is 64.0 Å². The molecule has 0 saturated carbocycles. The second kappa shape index (κ2) is 18.2. The van der Waals surface area contributed by atoms with Crippen LogP contribution in [0.3, 0.4) is 0 Å². The highest BCUT2D eigenvalue weighted by Crippen LogP contribution is 2.25. The summed E-state index contributed by atoms with van der Waals surface area (Å²) in [5.74, 6) is 1.19. The molecule has 4 aromatic rings. The predicted octanol–water partition coefficient (Wildman–Crippen LogP) is 6.88. The minimum Gasteiger partial charge on any atom is -0.488 e. The number of carboxylic acids is 1. The molecular weight excluding hydrogens is 564 g/mol. The molecule has 9 heteroatoms. The van der Waals surface area contributed by atoms with Crippen LogP contribution < -0.4 is 10.5 Å². The van der Waals surface area contributed by atoms with Gasteiger partial charge >= 0.3 is 5.97 Å². The number of H-pyrrole nitrogens is 1. The van der Waals surface area contributed by atoms with Gasteiger partial charge in [0.2, 0.25) is 0 Å². The van der Waals surface area contributed by atoms with Crippen LogP contribution >= 0.6 is 0 Å². The number of carbonyl (C=O) groups is 1. The molecular formula is C36H46N6O3. The fraction of sp³-hybridized carbons (Fsp3) is 0.389. The van der Waals surface area contributed by atoms with Crippen LogP contribution in [0.15, 0.2) is 65.7 Å².